The molecule has 1 fully saturated rings. The second-order valence-electron chi connectivity index (χ2n) is 6.10. The molecular formula is C17H25NO3. The van der Waals surface area contributed by atoms with E-state index in [1.54, 1.807) is 7.11 Å². The predicted octanol–water partition coefficient (Wildman–Crippen LogP) is 2.96. The van der Waals surface area contributed by atoms with E-state index in [9.17, 15) is 9.90 Å². The Labute approximate surface area is 126 Å². The highest BCUT2D eigenvalue weighted by molar-refractivity contribution is 5.68. The standard InChI is InChI=1S/C17H25NO3/c1-17(13-16(19)20,18-10-6-3-7-11-18)12-14-8-4-5-9-15(14)21-2/h4-5,8-9H,3,6-7,10-13H2,1-2H3,(H,19,20). The molecule has 1 heterocycles. The molecule has 1 aromatic rings. The number of methoxy groups -OCH3 is 1. The van der Waals surface area contributed by atoms with Crippen molar-refractivity contribution >= 4 is 5.97 Å². The number of aliphatic carboxylic acids is 1. The maximum Gasteiger partial charge on any atom is 0.305 e. The Bertz CT molecular complexity index is 483. The van der Waals surface area contributed by atoms with Gasteiger partial charge >= 0.3 is 5.97 Å². The molecule has 0 aliphatic carbocycles. The van der Waals surface area contributed by atoms with E-state index < -0.39 is 5.97 Å². The highest BCUT2D eigenvalue weighted by Gasteiger charge is 2.35. The average Bonchev–Trinajstić information content (AvgIpc) is 2.48. The highest BCUT2D eigenvalue weighted by atomic mass is 16.5. The Hall–Kier alpha value is -1.55. The summed E-state index contributed by atoms with van der Waals surface area (Å²) in [6.45, 7) is 4.04. The number of para-hydroxylation sites is 1. The van der Waals surface area contributed by atoms with Crippen LogP contribution in [-0.4, -0.2) is 41.7 Å². The lowest BCUT2D eigenvalue weighted by molar-refractivity contribution is -0.140. The molecule has 4 nitrogen and oxygen atoms in total. The van der Waals surface area contributed by atoms with E-state index in [-0.39, 0.29) is 12.0 Å². The van der Waals surface area contributed by atoms with Crippen molar-refractivity contribution in [2.75, 3.05) is 20.2 Å². The van der Waals surface area contributed by atoms with Crippen molar-refractivity contribution < 1.29 is 14.6 Å². The third kappa shape index (κ3) is 3.97. The molecule has 0 saturated carbocycles. The fraction of sp³-hybridized carbons (Fsp3) is 0.588. The van der Waals surface area contributed by atoms with Crippen LogP contribution in [0.15, 0.2) is 24.3 Å². The van der Waals surface area contributed by atoms with E-state index >= 15 is 0 Å². The van der Waals surface area contributed by atoms with E-state index in [1.807, 2.05) is 24.3 Å². The van der Waals surface area contributed by atoms with Crippen LogP contribution in [0.5, 0.6) is 5.75 Å². The van der Waals surface area contributed by atoms with Crippen LogP contribution < -0.4 is 4.74 Å². The molecule has 0 aromatic heterocycles. The molecule has 0 spiro atoms. The molecule has 1 atom stereocenters. The summed E-state index contributed by atoms with van der Waals surface area (Å²) in [5.41, 5.74) is 0.718. The topological polar surface area (TPSA) is 49.8 Å². The van der Waals surface area contributed by atoms with Gasteiger partial charge in [0.05, 0.1) is 13.5 Å². The molecular weight excluding hydrogens is 266 g/mol. The molecule has 1 aliphatic heterocycles. The molecule has 1 saturated heterocycles. The monoisotopic (exact) mass is 291 g/mol. The molecule has 1 aliphatic rings. The first-order valence-corrected chi connectivity index (χ1v) is 7.64. The van der Waals surface area contributed by atoms with Crippen LogP contribution in [0.2, 0.25) is 0 Å². The lowest BCUT2D eigenvalue weighted by atomic mass is 9.85. The SMILES string of the molecule is COc1ccccc1CC(C)(CC(=O)O)N1CCCCC1. The van der Waals surface area contributed by atoms with Crippen LogP contribution in [-0.2, 0) is 11.2 Å². The largest absolute Gasteiger partial charge is 0.496 e. The molecule has 21 heavy (non-hydrogen) atoms. The lowest BCUT2D eigenvalue weighted by Crippen LogP contribution is -2.51. The van der Waals surface area contributed by atoms with Crippen molar-refractivity contribution in [3.8, 4) is 5.75 Å². The second-order valence-corrected chi connectivity index (χ2v) is 6.10. The summed E-state index contributed by atoms with van der Waals surface area (Å²) < 4.78 is 5.42. The Morgan fingerprint density at radius 1 is 1.29 bits per heavy atom. The normalized spacial score (nSPS) is 19.0. The zero-order valence-electron chi connectivity index (χ0n) is 13.0. The minimum absolute atomic E-state index is 0.158. The van der Waals surface area contributed by atoms with Crippen molar-refractivity contribution in [3.05, 3.63) is 29.8 Å². The number of benzene rings is 1. The third-order valence-electron chi connectivity index (χ3n) is 4.42. The van der Waals surface area contributed by atoms with Crippen molar-refractivity contribution in [3.63, 3.8) is 0 Å². The van der Waals surface area contributed by atoms with E-state index in [0.29, 0.717) is 6.42 Å². The molecule has 0 amide bonds. The van der Waals surface area contributed by atoms with Gasteiger partial charge in [-0.3, -0.25) is 9.69 Å². The Balaban J connectivity index is 2.24. The zero-order chi connectivity index (χ0) is 15.3. The number of carboxylic acid groups (broad SMARTS) is 1. The molecule has 2 rings (SSSR count). The number of rotatable bonds is 6. The molecule has 116 valence electrons. The van der Waals surface area contributed by atoms with E-state index in [0.717, 1.165) is 37.2 Å². The maximum atomic E-state index is 11.3. The number of nitrogens with zero attached hydrogens (tertiary/aromatic N) is 1. The second kappa shape index (κ2) is 6.94. The first-order chi connectivity index (χ1) is 10.0. The van der Waals surface area contributed by atoms with Gasteiger partial charge in [0.15, 0.2) is 0 Å². The predicted molar refractivity (Wildman–Crippen MR) is 82.8 cm³/mol. The van der Waals surface area contributed by atoms with Gasteiger partial charge in [0.1, 0.15) is 5.75 Å². The summed E-state index contributed by atoms with van der Waals surface area (Å²) >= 11 is 0. The fourth-order valence-electron chi connectivity index (χ4n) is 3.30. The molecule has 0 radical (unpaired) electrons. The quantitative estimate of drug-likeness (QED) is 0.875. The highest BCUT2D eigenvalue weighted by Crippen LogP contribution is 2.31. The van der Waals surface area contributed by atoms with E-state index in [2.05, 4.69) is 11.8 Å². The summed E-state index contributed by atoms with van der Waals surface area (Å²) in [5, 5.41) is 9.33. The minimum Gasteiger partial charge on any atom is -0.496 e. The molecule has 1 aromatic carbocycles. The average molecular weight is 291 g/mol. The summed E-state index contributed by atoms with van der Waals surface area (Å²) in [7, 11) is 1.66. The van der Waals surface area contributed by atoms with Crippen molar-refractivity contribution in [2.45, 2.75) is 44.6 Å². The number of hydrogen-bond donors (Lipinski definition) is 1. The number of piperidine rings is 1. The van der Waals surface area contributed by atoms with Gasteiger partial charge in [0.25, 0.3) is 0 Å². The van der Waals surface area contributed by atoms with Crippen LogP contribution in [0.4, 0.5) is 0 Å². The molecule has 1 N–H and O–H groups in total. The van der Waals surface area contributed by atoms with Gasteiger partial charge in [-0.15, -0.1) is 0 Å². The van der Waals surface area contributed by atoms with Crippen molar-refractivity contribution in [2.24, 2.45) is 0 Å². The number of ether oxygens (including phenoxy) is 1. The van der Waals surface area contributed by atoms with Crippen LogP contribution in [0, 0.1) is 0 Å². The smallest absolute Gasteiger partial charge is 0.305 e. The maximum absolute atomic E-state index is 11.3. The van der Waals surface area contributed by atoms with E-state index in [4.69, 9.17) is 4.74 Å². The number of likely N-dealkylation sites (tertiary alicyclic amines) is 1. The molecule has 4 heteroatoms. The summed E-state index contributed by atoms with van der Waals surface area (Å²) in [5.74, 6) is 0.101. The van der Waals surface area contributed by atoms with Crippen molar-refractivity contribution in [1.29, 1.82) is 0 Å². The van der Waals surface area contributed by atoms with Gasteiger partial charge in [-0.05, 0) is 50.9 Å². The van der Waals surface area contributed by atoms with Gasteiger partial charge in [-0.1, -0.05) is 24.6 Å². The van der Waals surface area contributed by atoms with Gasteiger partial charge in [-0.25, -0.2) is 0 Å². The Kier molecular flexibility index (Phi) is 5.23. The van der Waals surface area contributed by atoms with Crippen LogP contribution in [0.3, 0.4) is 0 Å². The Morgan fingerprint density at radius 3 is 2.57 bits per heavy atom. The molecule has 1 unspecified atom stereocenters. The summed E-state index contributed by atoms with van der Waals surface area (Å²) in [4.78, 5) is 13.7. The van der Waals surface area contributed by atoms with Gasteiger partial charge in [0, 0.05) is 5.54 Å². The van der Waals surface area contributed by atoms with Crippen LogP contribution in [0.1, 0.15) is 38.2 Å². The van der Waals surface area contributed by atoms with Crippen molar-refractivity contribution in [1.82, 2.24) is 4.90 Å². The lowest BCUT2D eigenvalue weighted by Gasteiger charge is -2.43. The number of hydrogen-bond acceptors (Lipinski definition) is 3. The van der Waals surface area contributed by atoms with E-state index in [1.165, 1.54) is 6.42 Å². The zero-order valence-corrected chi connectivity index (χ0v) is 13.0. The first kappa shape index (κ1) is 15.8. The summed E-state index contributed by atoms with van der Waals surface area (Å²) in [6.07, 6.45) is 4.41. The minimum atomic E-state index is -0.738. The Morgan fingerprint density at radius 2 is 1.95 bits per heavy atom. The third-order valence-corrected chi connectivity index (χ3v) is 4.42. The fourth-order valence-corrected chi connectivity index (χ4v) is 3.30. The van der Waals surface area contributed by atoms with Gasteiger partial charge in [-0.2, -0.15) is 0 Å². The first-order valence-electron chi connectivity index (χ1n) is 7.64. The van der Waals surface area contributed by atoms with Crippen LogP contribution >= 0.6 is 0 Å². The number of carbonyl (C=O) groups is 1. The molecule has 0 bridgehead atoms. The van der Waals surface area contributed by atoms with Crippen LogP contribution in [0.25, 0.3) is 0 Å². The number of carboxylic acids is 1. The van der Waals surface area contributed by atoms with Gasteiger partial charge < -0.3 is 9.84 Å². The summed E-state index contributed by atoms with van der Waals surface area (Å²) in [6, 6.07) is 7.89. The van der Waals surface area contributed by atoms with Gasteiger partial charge in [0.2, 0.25) is 0 Å².